The molecule has 0 aliphatic heterocycles. The maximum atomic E-state index is 11.7. The lowest BCUT2D eigenvalue weighted by Gasteiger charge is -2.23. The Bertz CT molecular complexity index is 412. The van der Waals surface area contributed by atoms with E-state index in [2.05, 4.69) is 18.7 Å². The number of nitrogen functional groups attached to an aromatic ring is 1. The molecule has 2 N–H and O–H groups in total. The molecular weight excluding hydrogens is 228 g/mol. The third kappa shape index (κ3) is 3.39. The maximum absolute atomic E-state index is 11.7. The van der Waals surface area contributed by atoms with Gasteiger partial charge in [0.2, 0.25) is 0 Å². The largest absolute Gasteiger partial charge is 0.459 e. The summed E-state index contributed by atoms with van der Waals surface area (Å²) in [4.78, 5) is 13.9. The molecule has 4 nitrogen and oxygen atoms in total. The summed E-state index contributed by atoms with van der Waals surface area (Å²) in [5, 5.41) is 0. The number of ether oxygens (including phenoxy) is 1. The molecule has 0 radical (unpaired) electrons. The highest BCUT2D eigenvalue weighted by Crippen LogP contribution is 2.24. The molecule has 0 saturated carbocycles. The minimum atomic E-state index is -0.331. The van der Waals surface area contributed by atoms with Crippen LogP contribution in [-0.4, -0.2) is 25.2 Å². The van der Waals surface area contributed by atoms with E-state index in [1.807, 2.05) is 19.9 Å². The molecular formula is C14H22N2O2. The second kappa shape index (κ2) is 6.28. The molecule has 1 aromatic rings. The quantitative estimate of drug-likeness (QED) is 0.645. The van der Waals surface area contributed by atoms with Crippen molar-refractivity contribution >= 4 is 17.3 Å². The number of nitrogens with zero attached hydrogens (tertiary/aromatic N) is 1. The van der Waals surface area contributed by atoms with Crippen LogP contribution in [0.3, 0.4) is 0 Å². The number of carbonyl (C=O) groups excluding carboxylic acids is 1. The number of carbonyl (C=O) groups is 1. The number of rotatable bonds is 5. The van der Waals surface area contributed by atoms with Crippen molar-refractivity contribution in [3.63, 3.8) is 0 Å². The molecule has 0 saturated heterocycles. The number of esters is 1. The lowest BCUT2D eigenvalue weighted by molar-refractivity contribution is 0.0378. The zero-order valence-corrected chi connectivity index (χ0v) is 11.6. The maximum Gasteiger partial charge on any atom is 0.338 e. The average molecular weight is 250 g/mol. The minimum Gasteiger partial charge on any atom is -0.459 e. The monoisotopic (exact) mass is 250 g/mol. The predicted octanol–water partition coefficient (Wildman–Crippen LogP) is 2.68. The molecule has 1 aromatic carbocycles. The molecule has 0 unspecified atom stereocenters. The molecule has 0 bridgehead atoms. The zero-order chi connectivity index (χ0) is 13.7. The van der Waals surface area contributed by atoms with Crippen LogP contribution in [0.5, 0.6) is 0 Å². The Labute approximate surface area is 109 Å². The van der Waals surface area contributed by atoms with Crippen molar-refractivity contribution in [3.05, 3.63) is 23.8 Å². The van der Waals surface area contributed by atoms with Gasteiger partial charge in [-0.15, -0.1) is 0 Å². The fourth-order valence-electron chi connectivity index (χ4n) is 1.82. The van der Waals surface area contributed by atoms with Crippen molar-refractivity contribution < 1.29 is 9.53 Å². The van der Waals surface area contributed by atoms with Crippen molar-refractivity contribution in [1.29, 1.82) is 0 Å². The third-order valence-electron chi connectivity index (χ3n) is 2.71. The van der Waals surface area contributed by atoms with E-state index < -0.39 is 0 Å². The summed E-state index contributed by atoms with van der Waals surface area (Å²) in [7, 11) is 0. The Balaban J connectivity index is 2.95. The van der Waals surface area contributed by atoms with Crippen molar-refractivity contribution in [3.8, 4) is 0 Å². The van der Waals surface area contributed by atoms with Gasteiger partial charge in [0.15, 0.2) is 0 Å². The summed E-state index contributed by atoms with van der Waals surface area (Å²) in [6, 6.07) is 5.31. The van der Waals surface area contributed by atoms with Crippen LogP contribution in [0.1, 0.15) is 38.1 Å². The van der Waals surface area contributed by atoms with Crippen LogP contribution in [0.2, 0.25) is 0 Å². The fraction of sp³-hybridized carbons (Fsp3) is 0.500. The van der Waals surface area contributed by atoms with Gasteiger partial charge in [-0.3, -0.25) is 0 Å². The van der Waals surface area contributed by atoms with Crippen molar-refractivity contribution in [2.75, 3.05) is 23.7 Å². The van der Waals surface area contributed by atoms with Gasteiger partial charge in [0, 0.05) is 13.1 Å². The molecule has 18 heavy (non-hydrogen) atoms. The number of hydrogen-bond acceptors (Lipinski definition) is 4. The van der Waals surface area contributed by atoms with E-state index in [9.17, 15) is 4.79 Å². The van der Waals surface area contributed by atoms with Gasteiger partial charge in [0.05, 0.1) is 23.0 Å². The van der Waals surface area contributed by atoms with Gasteiger partial charge < -0.3 is 15.4 Å². The molecule has 0 spiro atoms. The number of hydrogen-bond donors (Lipinski definition) is 1. The molecule has 0 amide bonds. The molecule has 0 aliphatic rings. The highest BCUT2D eigenvalue weighted by molar-refractivity contribution is 5.92. The van der Waals surface area contributed by atoms with Gasteiger partial charge in [-0.05, 0) is 45.9 Å². The summed E-state index contributed by atoms with van der Waals surface area (Å²) in [5.74, 6) is -0.331. The van der Waals surface area contributed by atoms with Gasteiger partial charge in [-0.2, -0.15) is 0 Å². The number of anilines is 2. The Morgan fingerprint density at radius 1 is 1.33 bits per heavy atom. The van der Waals surface area contributed by atoms with Crippen LogP contribution in [0.4, 0.5) is 11.4 Å². The molecule has 4 heteroatoms. The molecule has 0 atom stereocenters. The van der Waals surface area contributed by atoms with Crippen LogP contribution in [0.25, 0.3) is 0 Å². The van der Waals surface area contributed by atoms with Gasteiger partial charge >= 0.3 is 5.97 Å². The van der Waals surface area contributed by atoms with Crippen LogP contribution in [0.15, 0.2) is 18.2 Å². The molecule has 0 aromatic heterocycles. The lowest BCUT2D eigenvalue weighted by Crippen LogP contribution is -2.23. The third-order valence-corrected chi connectivity index (χ3v) is 2.71. The van der Waals surface area contributed by atoms with Gasteiger partial charge in [0.1, 0.15) is 0 Å². The van der Waals surface area contributed by atoms with E-state index in [0.29, 0.717) is 11.3 Å². The van der Waals surface area contributed by atoms with E-state index in [1.165, 1.54) is 0 Å². The van der Waals surface area contributed by atoms with E-state index in [-0.39, 0.29) is 12.1 Å². The normalized spacial score (nSPS) is 10.5. The molecule has 1 rings (SSSR count). The second-order valence-corrected chi connectivity index (χ2v) is 4.40. The summed E-state index contributed by atoms with van der Waals surface area (Å²) in [6.07, 6.45) is -0.124. The molecule has 0 aliphatic carbocycles. The minimum absolute atomic E-state index is 0.124. The van der Waals surface area contributed by atoms with Crippen LogP contribution in [-0.2, 0) is 4.74 Å². The Morgan fingerprint density at radius 3 is 2.39 bits per heavy atom. The van der Waals surface area contributed by atoms with Crippen molar-refractivity contribution in [2.45, 2.75) is 33.8 Å². The van der Waals surface area contributed by atoms with Crippen LogP contribution in [0, 0.1) is 0 Å². The summed E-state index contributed by atoms with van der Waals surface area (Å²) < 4.78 is 5.14. The van der Waals surface area contributed by atoms with Crippen molar-refractivity contribution in [1.82, 2.24) is 0 Å². The first kappa shape index (κ1) is 14.4. The van der Waals surface area contributed by atoms with Crippen molar-refractivity contribution in [2.24, 2.45) is 0 Å². The smallest absolute Gasteiger partial charge is 0.338 e. The van der Waals surface area contributed by atoms with E-state index in [0.717, 1.165) is 18.8 Å². The highest BCUT2D eigenvalue weighted by atomic mass is 16.5. The highest BCUT2D eigenvalue weighted by Gasteiger charge is 2.13. The van der Waals surface area contributed by atoms with E-state index in [4.69, 9.17) is 10.5 Å². The summed E-state index contributed by atoms with van der Waals surface area (Å²) in [6.45, 7) is 9.57. The second-order valence-electron chi connectivity index (χ2n) is 4.40. The topological polar surface area (TPSA) is 55.6 Å². The first-order valence-electron chi connectivity index (χ1n) is 6.35. The van der Waals surface area contributed by atoms with Crippen LogP contribution < -0.4 is 10.6 Å². The Hall–Kier alpha value is -1.71. The first-order valence-corrected chi connectivity index (χ1v) is 6.35. The lowest BCUT2D eigenvalue weighted by atomic mass is 10.1. The van der Waals surface area contributed by atoms with Gasteiger partial charge in [-0.1, -0.05) is 0 Å². The zero-order valence-electron chi connectivity index (χ0n) is 11.6. The van der Waals surface area contributed by atoms with E-state index in [1.54, 1.807) is 12.1 Å². The molecule has 0 heterocycles. The fourth-order valence-corrected chi connectivity index (χ4v) is 1.82. The molecule has 0 fully saturated rings. The van der Waals surface area contributed by atoms with Gasteiger partial charge in [0.25, 0.3) is 0 Å². The van der Waals surface area contributed by atoms with Gasteiger partial charge in [-0.25, -0.2) is 4.79 Å². The Kier molecular flexibility index (Phi) is 5.01. The number of nitrogens with two attached hydrogens (primary N) is 1. The summed E-state index contributed by atoms with van der Waals surface area (Å²) in [5.41, 5.74) is 8.06. The standard InChI is InChI=1S/C14H22N2O2/c1-5-16(6-2)13-8-7-11(9-12(13)15)14(17)18-10(3)4/h7-10H,5-6,15H2,1-4H3. The Morgan fingerprint density at radius 2 is 1.94 bits per heavy atom. The number of benzene rings is 1. The summed E-state index contributed by atoms with van der Waals surface area (Å²) >= 11 is 0. The average Bonchev–Trinajstić information content (AvgIpc) is 2.31. The van der Waals surface area contributed by atoms with Crippen LogP contribution >= 0.6 is 0 Å². The predicted molar refractivity (Wildman–Crippen MR) is 75.0 cm³/mol. The van der Waals surface area contributed by atoms with E-state index >= 15 is 0 Å². The molecule has 100 valence electrons. The first-order chi connectivity index (χ1) is 8.49. The SMILES string of the molecule is CCN(CC)c1ccc(C(=O)OC(C)C)cc1N.